The van der Waals surface area contributed by atoms with Gasteiger partial charge in [-0.3, -0.25) is 10.1 Å². The number of hydrogen-bond acceptors (Lipinski definition) is 4. The van der Waals surface area contributed by atoms with E-state index < -0.39 is 4.92 Å². The molecular weight excluding hydrogens is 244 g/mol. The Morgan fingerprint density at radius 3 is 2.68 bits per heavy atom. The molecule has 1 aromatic rings. The Hall–Kier alpha value is -1.78. The molecule has 0 aliphatic heterocycles. The lowest BCUT2D eigenvalue weighted by Gasteiger charge is -2.10. The minimum atomic E-state index is -0.394. The summed E-state index contributed by atoms with van der Waals surface area (Å²) >= 11 is 0. The Morgan fingerprint density at radius 1 is 1.47 bits per heavy atom. The predicted octanol–water partition coefficient (Wildman–Crippen LogP) is 3.45. The summed E-state index contributed by atoms with van der Waals surface area (Å²) in [6.07, 6.45) is 1.20. The third-order valence-electron chi connectivity index (χ3n) is 3.68. The molecule has 1 aliphatic carbocycles. The Morgan fingerprint density at radius 2 is 2.16 bits per heavy atom. The van der Waals surface area contributed by atoms with Crippen LogP contribution in [0.2, 0.25) is 0 Å². The zero-order chi connectivity index (χ0) is 14.0. The van der Waals surface area contributed by atoms with Crippen molar-refractivity contribution in [2.45, 2.75) is 27.2 Å². The molecule has 0 spiro atoms. The lowest BCUT2D eigenvalue weighted by atomic mass is 10.1. The molecule has 19 heavy (non-hydrogen) atoms. The largest absolute Gasteiger partial charge is 0.494 e. The van der Waals surface area contributed by atoms with E-state index in [-0.39, 0.29) is 5.69 Å². The van der Waals surface area contributed by atoms with Crippen molar-refractivity contribution in [2.24, 2.45) is 11.3 Å². The monoisotopic (exact) mass is 264 g/mol. The number of anilines is 1. The van der Waals surface area contributed by atoms with Crippen LogP contribution in [0, 0.1) is 21.4 Å². The topological polar surface area (TPSA) is 64.4 Å². The maximum Gasteiger partial charge on any atom is 0.275 e. The second kappa shape index (κ2) is 5.07. The minimum absolute atomic E-state index is 0.0588. The van der Waals surface area contributed by atoms with E-state index >= 15 is 0 Å². The van der Waals surface area contributed by atoms with Crippen LogP contribution in [0.5, 0.6) is 5.75 Å². The molecule has 5 nitrogen and oxygen atoms in total. The molecule has 0 aromatic heterocycles. The number of benzene rings is 1. The van der Waals surface area contributed by atoms with E-state index in [4.69, 9.17) is 4.74 Å². The van der Waals surface area contributed by atoms with E-state index in [2.05, 4.69) is 19.2 Å². The normalized spacial score (nSPS) is 19.8. The number of rotatable bonds is 6. The summed E-state index contributed by atoms with van der Waals surface area (Å²) in [7, 11) is 0. The first-order valence-corrected chi connectivity index (χ1v) is 6.58. The maximum atomic E-state index is 10.9. The van der Waals surface area contributed by atoms with E-state index in [1.54, 1.807) is 6.07 Å². The fourth-order valence-corrected chi connectivity index (χ4v) is 2.21. The Labute approximate surface area is 113 Å². The fourth-order valence-electron chi connectivity index (χ4n) is 2.21. The number of nitrogens with zero attached hydrogens (tertiary/aromatic N) is 1. The molecule has 0 bridgehead atoms. The summed E-state index contributed by atoms with van der Waals surface area (Å²) in [5, 5.41) is 14.2. The summed E-state index contributed by atoms with van der Waals surface area (Å²) in [4.78, 5) is 10.5. The second-order valence-electron chi connectivity index (χ2n) is 5.68. The summed E-state index contributed by atoms with van der Waals surface area (Å²) < 4.78 is 5.36. The summed E-state index contributed by atoms with van der Waals surface area (Å²) in [6.45, 7) is 7.67. The molecule has 1 atom stereocenters. The molecular formula is C14H20N2O3. The van der Waals surface area contributed by atoms with Gasteiger partial charge in [-0.25, -0.2) is 0 Å². The van der Waals surface area contributed by atoms with E-state index in [1.807, 2.05) is 13.0 Å². The van der Waals surface area contributed by atoms with Gasteiger partial charge in [-0.05, 0) is 24.7 Å². The van der Waals surface area contributed by atoms with Crippen LogP contribution in [0.3, 0.4) is 0 Å². The molecule has 1 fully saturated rings. The standard InChI is InChI=1S/C14H20N2O3/c1-4-19-13-6-11(5-12(7-13)16(17)18)15-9-10-8-14(10,2)3/h5-7,10,15H,4,8-9H2,1-3H3. The quantitative estimate of drug-likeness (QED) is 0.631. The number of ether oxygens (including phenoxy) is 1. The highest BCUT2D eigenvalue weighted by Gasteiger charge is 2.44. The lowest BCUT2D eigenvalue weighted by Crippen LogP contribution is -2.07. The van der Waals surface area contributed by atoms with Crippen LogP contribution in [0.25, 0.3) is 0 Å². The number of nitrogens with one attached hydrogen (secondary N) is 1. The first kappa shape index (κ1) is 13.6. The van der Waals surface area contributed by atoms with Crippen LogP contribution in [-0.2, 0) is 0 Å². The van der Waals surface area contributed by atoms with Crippen molar-refractivity contribution in [2.75, 3.05) is 18.5 Å². The van der Waals surface area contributed by atoms with Gasteiger partial charge in [0.25, 0.3) is 5.69 Å². The van der Waals surface area contributed by atoms with Crippen molar-refractivity contribution in [3.05, 3.63) is 28.3 Å². The lowest BCUT2D eigenvalue weighted by molar-refractivity contribution is -0.384. The van der Waals surface area contributed by atoms with Gasteiger partial charge in [0.05, 0.1) is 17.6 Å². The van der Waals surface area contributed by atoms with Crippen LogP contribution in [0.15, 0.2) is 18.2 Å². The van der Waals surface area contributed by atoms with Crippen molar-refractivity contribution in [3.8, 4) is 5.75 Å². The number of non-ortho nitro benzene ring substituents is 1. The van der Waals surface area contributed by atoms with Crippen LogP contribution in [-0.4, -0.2) is 18.1 Å². The van der Waals surface area contributed by atoms with Crippen molar-refractivity contribution in [1.82, 2.24) is 0 Å². The molecule has 1 N–H and O–H groups in total. The highest BCUT2D eigenvalue weighted by Crippen LogP contribution is 2.51. The molecule has 5 heteroatoms. The van der Waals surface area contributed by atoms with E-state index in [0.717, 1.165) is 12.2 Å². The zero-order valence-corrected chi connectivity index (χ0v) is 11.6. The smallest absolute Gasteiger partial charge is 0.275 e. The molecule has 1 unspecified atom stereocenters. The van der Waals surface area contributed by atoms with E-state index in [0.29, 0.717) is 23.7 Å². The molecule has 0 heterocycles. The van der Waals surface area contributed by atoms with Gasteiger partial charge in [0.2, 0.25) is 0 Å². The van der Waals surface area contributed by atoms with Gasteiger partial charge in [-0.2, -0.15) is 0 Å². The molecule has 1 aliphatic rings. The van der Waals surface area contributed by atoms with Crippen molar-refractivity contribution >= 4 is 11.4 Å². The molecule has 0 amide bonds. The van der Waals surface area contributed by atoms with Gasteiger partial charge in [0, 0.05) is 24.4 Å². The third kappa shape index (κ3) is 3.36. The SMILES string of the molecule is CCOc1cc(NCC2CC2(C)C)cc([N+](=O)[O-])c1. The summed E-state index contributed by atoms with van der Waals surface area (Å²) in [5.74, 6) is 1.18. The van der Waals surface area contributed by atoms with Crippen LogP contribution >= 0.6 is 0 Å². The molecule has 2 rings (SSSR count). The number of hydrogen-bond donors (Lipinski definition) is 1. The highest BCUT2D eigenvalue weighted by atomic mass is 16.6. The average molecular weight is 264 g/mol. The Balaban J connectivity index is 2.08. The van der Waals surface area contributed by atoms with E-state index in [9.17, 15) is 10.1 Å². The third-order valence-corrected chi connectivity index (χ3v) is 3.68. The molecule has 0 saturated heterocycles. The summed E-state index contributed by atoms with van der Waals surface area (Å²) in [5.41, 5.74) is 1.21. The fraction of sp³-hybridized carbons (Fsp3) is 0.571. The Kier molecular flexibility index (Phi) is 3.64. The molecule has 1 saturated carbocycles. The van der Waals surface area contributed by atoms with Crippen molar-refractivity contribution in [3.63, 3.8) is 0 Å². The predicted molar refractivity (Wildman–Crippen MR) is 74.6 cm³/mol. The van der Waals surface area contributed by atoms with Crippen LogP contribution in [0.4, 0.5) is 11.4 Å². The first-order chi connectivity index (χ1) is 8.92. The van der Waals surface area contributed by atoms with Gasteiger partial charge >= 0.3 is 0 Å². The van der Waals surface area contributed by atoms with Gasteiger partial charge in [-0.1, -0.05) is 13.8 Å². The van der Waals surface area contributed by atoms with Crippen molar-refractivity contribution in [1.29, 1.82) is 0 Å². The van der Waals surface area contributed by atoms with Crippen molar-refractivity contribution < 1.29 is 9.66 Å². The average Bonchev–Trinajstić information content (AvgIpc) is 2.95. The number of nitro groups is 1. The maximum absolute atomic E-state index is 10.9. The second-order valence-corrected chi connectivity index (χ2v) is 5.68. The van der Waals surface area contributed by atoms with Crippen LogP contribution < -0.4 is 10.1 Å². The first-order valence-electron chi connectivity index (χ1n) is 6.58. The molecule has 0 radical (unpaired) electrons. The van der Waals surface area contributed by atoms with Gasteiger partial charge in [0.15, 0.2) is 0 Å². The molecule has 104 valence electrons. The molecule has 1 aromatic carbocycles. The van der Waals surface area contributed by atoms with Crippen LogP contribution in [0.1, 0.15) is 27.2 Å². The Bertz CT molecular complexity index is 486. The minimum Gasteiger partial charge on any atom is -0.494 e. The number of nitro benzene ring substituents is 1. The zero-order valence-electron chi connectivity index (χ0n) is 11.6. The highest BCUT2D eigenvalue weighted by molar-refractivity contribution is 5.56. The van der Waals surface area contributed by atoms with Gasteiger partial charge in [0.1, 0.15) is 5.75 Å². The van der Waals surface area contributed by atoms with Gasteiger partial charge < -0.3 is 10.1 Å². The van der Waals surface area contributed by atoms with E-state index in [1.165, 1.54) is 12.5 Å². The summed E-state index contributed by atoms with van der Waals surface area (Å²) in [6, 6.07) is 4.82. The van der Waals surface area contributed by atoms with Gasteiger partial charge in [-0.15, -0.1) is 0 Å².